The second kappa shape index (κ2) is 5.66. The Kier molecular flexibility index (Phi) is 5.23. The molecule has 5 N–H and O–H groups in total. The summed E-state index contributed by atoms with van der Waals surface area (Å²) >= 11 is 0. The minimum atomic E-state index is -3.26. The van der Waals surface area contributed by atoms with Crippen molar-refractivity contribution in [2.45, 2.75) is 5.75 Å². The molecule has 1 aromatic rings. The SMILES string of the molecule is CNS(=O)(=O)Cc1cccc(NO)c1.O. The number of nitrogens with one attached hydrogen (secondary N) is 2. The lowest BCUT2D eigenvalue weighted by Gasteiger charge is -2.04. The van der Waals surface area contributed by atoms with Crippen LogP contribution in [0.25, 0.3) is 0 Å². The van der Waals surface area contributed by atoms with Gasteiger partial charge in [0.15, 0.2) is 0 Å². The van der Waals surface area contributed by atoms with Gasteiger partial charge in [0.2, 0.25) is 10.0 Å². The van der Waals surface area contributed by atoms with Gasteiger partial charge < -0.3 is 5.48 Å². The van der Waals surface area contributed by atoms with Crippen molar-refractivity contribution in [3.63, 3.8) is 0 Å². The third kappa shape index (κ3) is 4.26. The van der Waals surface area contributed by atoms with Crippen molar-refractivity contribution >= 4 is 15.7 Å². The molecule has 0 saturated carbocycles. The summed E-state index contributed by atoms with van der Waals surface area (Å²) in [4.78, 5) is 0. The summed E-state index contributed by atoms with van der Waals surface area (Å²) in [5, 5.41) is 8.60. The smallest absolute Gasteiger partial charge is 0.215 e. The largest absolute Gasteiger partial charge is 0.412 e. The summed E-state index contributed by atoms with van der Waals surface area (Å²) in [6, 6.07) is 6.54. The van der Waals surface area contributed by atoms with Gasteiger partial charge in [-0.1, -0.05) is 12.1 Å². The molecule has 15 heavy (non-hydrogen) atoms. The van der Waals surface area contributed by atoms with Crippen LogP contribution in [0.5, 0.6) is 0 Å². The fraction of sp³-hybridized carbons (Fsp3) is 0.250. The Labute approximate surface area is 88.3 Å². The van der Waals surface area contributed by atoms with E-state index < -0.39 is 10.0 Å². The average Bonchev–Trinajstić information content (AvgIpc) is 2.17. The summed E-state index contributed by atoms with van der Waals surface area (Å²) in [6.07, 6.45) is 0. The van der Waals surface area contributed by atoms with Crippen molar-refractivity contribution in [1.82, 2.24) is 4.72 Å². The van der Waals surface area contributed by atoms with E-state index in [-0.39, 0.29) is 11.2 Å². The molecule has 0 fully saturated rings. The second-order valence-electron chi connectivity index (χ2n) is 2.78. The standard InChI is InChI=1S/C8H12N2O3S.H2O/c1-9-14(12,13)6-7-3-2-4-8(5-7)10-11;/h2-5,9-11H,6H2,1H3;1H2. The van der Waals surface area contributed by atoms with E-state index in [1.807, 2.05) is 5.48 Å². The molecule has 0 bridgehead atoms. The Balaban J connectivity index is 0.00000196. The lowest BCUT2D eigenvalue weighted by atomic mass is 10.2. The number of anilines is 1. The number of benzene rings is 1. The van der Waals surface area contributed by atoms with Crippen LogP contribution < -0.4 is 10.2 Å². The van der Waals surface area contributed by atoms with Crippen molar-refractivity contribution in [2.75, 3.05) is 12.5 Å². The van der Waals surface area contributed by atoms with Crippen LogP contribution in [0.1, 0.15) is 5.56 Å². The summed E-state index contributed by atoms with van der Waals surface area (Å²) in [5.41, 5.74) is 3.03. The molecule has 0 aliphatic carbocycles. The third-order valence-electron chi connectivity index (χ3n) is 1.72. The van der Waals surface area contributed by atoms with Gasteiger partial charge in [0, 0.05) is 0 Å². The Bertz CT molecular complexity index is 405. The fourth-order valence-corrected chi connectivity index (χ4v) is 1.78. The van der Waals surface area contributed by atoms with E-state index in [0.29, 0.717) is 11.3 Å². The van der Waals surface area contributed by atoms with Gasteiger partial charge >= 0.3 is 0 Å². The summed E-state index contributed by atoms with van der Waals surface area (Å²) in [5.74, 6) is -0.0982. The molecule has 0 aliphatic heterocycles. The maximum Gasteiger partial charge on any atom is 0.215 e. The maximum atomic E-state index is 11.2. The highest BCUT2D eigenvalue weighted by atomic mass is 32.2. The van der Waals surface area contributed by atoms with Crippen molar-refractivity contribution in [3.8, 4) is 0 Å². The summed E-state index contributed by atoms with van der Waals surface area (Å²) in [6.45, 7) is 0. The highest BCUT2D eigenvalue weighted by Gasteiger charge is 2.08. The molecular weight excluding hydrogens is 220 g/mol. The molecule has 0 atom stereocenters. The van der Waals surface area contributed by atoms with E-state index >= 15 is 0 Å². The zero-order valence-electron chi connectivity index (χ0n) is 8.19. The third-order valence-corrected chi connectivity index (χ3v) is 3.06. The van der Waals surface area contributed by atoms with Crippen molar-refractivity contribution in [2.24, 2.45) is 0 Å². The highest BCUT2D eigenvalue weighted by Crippen LogP contribution is 2.11. The van der Waals surface area contributed by atoms with Gasteiger partial charge in [-0.2, -0.15) is 0 Å². The number of rotatable bonds is 4. The zero-order valence-corrected chi connectivity index (χ0v) is 9.00. The van der Waals surface area contributed by atoms with Crippen molar-refractivity contribution in [3.05, 3.63) is 29.8 Å². The van der Waals surface area contributed by atoms with Crippen LogP contribution in [-0.2, 0) is 15.8 Å². The van der Waals surface area contributed by atoms with Crippen LogP contribution in [-0.4, -0.2) is 26.1 Å². The Morgan fingerprint density at radius 2 is 2.07 bits per heavy atom. The first kappa shape index (κ1) is 13.8. The molecule has 0 heterocycles. The topological polar surface area (TPSA) is 110 Å². The minimum Gasteiger partial charge on any atom is -0.412 e. The van der Waals surface area contributed by atoms with Gasteiger partial charge in [-0.3, -0.25) is 10.7 Å². The van der Waals surface area contributed by atoms with E-state index in [0.717, 1.165) is 0 Å². The van der Waals surface area contributed by atoms with Crippen LogP contribution >= 0.6 is 0 Å². The van der Waals surface area contributed by atoms with Crippen LogP contribution in [0.15, 0.2) is 24.3 Å². The molecule has 0 spiro atoms. The minimum absolute atomic E-state index is 0. The van der Waals surface area contributed by atoms with Gasteiger partial charge in [0.25, 0.3) is 0 Å². The van der Waals surface area contributed by atoms with Crippen LogP contribution in [0.3, 0.4) is 0 Å². The first-order valence-corrected chi connectivity index (χ1v) is 5.63. The Morgan fingerprint density at radius 1 is 1.40 bits per heavy atom. The van der Waals surface area contributed by atoms with E-state index in [1.165, 1.54) is 7.05 Å². The first-order valence-electron chi connectivity index (χ1n) is 3.97. The molecule has 1 rings (SSSR count). The monoisotopic (exact) mass is 234 g/mol. The molecule has 1 aromatic carbocycles. The molecule has 7 heteroatoms. The number of hydrogen-bond acceptors (Lipinski definition) is 4. The van der Waals surface area contributed by atoms with E-state index in [4.69, 9.17) is 5.21 Å². The van der Waals surface area contributed by atoms with Crippen LogP contribution in [0, 0.1) is 0 Å². The average molecular weight is 234 g/mol. The predicted molar refractivity (Wildman–Crippen MR) is 57.1 cm³/mol. The molecule has 0 unspecified atom stereocenters. The maximum absolute atomic E-state index is 11.2. The molecule has 0 aliphatic rings. The summed E-state index contributed by atoms with van der Waals surface area (Å²) in [7, 11) is -1.89. The van der Waals surface area contributed by atoms with E-state index in [1.54, 1.807) is 24.3 Å². The molecule has 0 radical (unpaired) electrons. The van der Waals surface area contributed by atoms with Gasteiger partial charge in [-0.15, -0.1) is 0 Å². The second-order valence-corrected chi connectivity index (χ2v) is 4.70. The van der Waals surface area contributed by atoms with Crippen LogP contribution in [0.4, 0.5) is 5.69 Å². The predicted octanol–water partition coefficient (Wildman–Crippen LogP) is -0.288. The van der Waals surface area contributed by atoms with Crippen molar-refractivity contribution in [1.29, 1.82) is 0 Å². The highest BCUT2D eigenvalue weighted by molar-refractivity contribution is 7.88. The molecule has 0 aromatic heterocycles. The van der Waals surface area contributed by atoms with Gasteiger partial charge in [-0.05, 0) is 24.7 Å². The first-order chi connectivity index (χ1) is 6.57. The van der Waals surface area contributed by atoms with Crippen LogP contribution in [0.2, 0.25) is 0 Å². The molecular formula is C8H14N2O4S. The normalized spacial score (nSPS) is 10.5. The van der Waals surface area contributed by atoms with E-state index in [2.05, 4.69) is 4.72 Å². The van der Waals surface area contributed by atoms with Gasteiger partial charge in [-0.25, -0.2) is 13.1 Å². The van der Waals surface area contributed by atoms with Crippen molar-refractivity contribution < 1.29 is 19.1 Å². The zero-order chi connectivity index (χ0) is 10.6. The lowest BCUT2D eigenvalue weighted by molar-refractivity contribution is 0.389. The quantitative estimate of drug-likeness (QED) is 0.622. The van der Waals surface area contributed by atoms with E-state index in [9.17, 15) is 8.42 Å². The molecule has 6 nitrogen and oxygen atoms in total. The number of hydrogen-bond donors (Lipinski definition) is 3. The molecule has 0 saturated heterocycles. The van der Waals surface area contributed by atoms with Gasteiger partial charge in [0.1, 0.15) is 0 Å². The molecule has 86 valence electrons. The summed E-state index contributed by atoms with van der Waals surface area (Å²) < 4.78 is 24.6. The Hall–Kier alpha value is -1.15. The number of sulfonamides is 1. The lowest BCUT2D eigenvalue weighted by Crippen LogP contribution is -2.20. The van der Waals surface area contributed by atoms with Gasteiger partial charge in [0.05, 0.1) is 11.4 Å². The fourth-order valence-electron chi connectivity index (χ4n) is 1.02. The Morgan fingerprint density at radius 3 is 2.60 bits per heavy atom. The molecule has 0 amide bonds.